The Kier molecular flexibility index (Phi) is 4.02. The van der Waals surface area contributed by atoms with E-state index in [2.05, 4.69) is 5.10 Å². The van der Waals surface area contributed by atoms with Gasteiger partial charge in [0, 0.05) is 6.42 Å². The zero-order chi connectivity index (χ0) is 14.7. The Morgan fingerprint density at radius 1 is 1.10 bits per heavy atom. The number of benzene rings is 2. The summed E-state index contributed by atoms with van der Waals surface area (Å²) in [6.07, 6.45) is 0.705. The Labute approximate surface area is 128 Å². The summed E-state index contributed by atoms with van der Waals surface area (Å²) in [7, 11) is 0. The molecule has 2 aromatic carbocycles. The Morgan fingerprint density at radius 2 is 1.71 bits per heavy atom. The summed E-state index contributed by atoms with van der Waals surface area (Å²) in [6, 6.07) is 19.8. The summed E-state index contributed by atoms with van der Waals surface area (Å²) >= 11 is 5.72. The number of carbonyl (C=O) groups excluding carboxylic acids is 1. The van der Waals surface area contributed by atoms with E-state index in [0.717, 1.165) is 16.8 Å². The van der Waals surface area contributed by atoms with E-state index in [1.165, 1.54) is 5.01 Å². The minimum absolute atomic E-state index is 0.0606. The first-order chi connectivity index (χ1) is 10.3. The Balaban J connectivity index is 1.95. The molecule has 21 heavy (non-hydrogen) atoms. The summed E-state index contributed by atoms with van der Waals surface area (Å²) < 4.78 is 0. The van der Waals surface area contributed by atoms with Crippen molar-refractivity contribution in [3.05, 3.63) is 71.8 Å². The maximum absolute atomic E-state index is 12.1. The molecule has 0 radical (unpaired) electrons. The van der Waals surface area contributed by atoms with Crippen LogP contribution in [-0.2, 0) is 4.79 Å². The van der Waals surface area contributed by atoms with E-state index < -0.39 is 0 Å². The van der Waals surface area contributed by atoms with Gasteiger partial charge < -0.3 is 0 Å². The largest absolute Gasteiger partial charge is 0.272 e. The number of alkyl halides is 1. The highest BCUT2D eigenvalue weighted by Crippen LogP contribution is 2.32. The first kappa shape index (κ1) is 13.8. The van der Waals surface area contributed by atoms with Crippen molar-refractivity contribution in [2.45, 2.75) is 12.5 Å². The van der Waals surface area contributed by atoms with E-state index in [9.17, 15) is 4.79 Å². The third-order valence-corrected chi connectivity index (χ3v) is 3.80. The van der Waals surface area contributed by atoms with Crippen LogP contribution in [0.1, 0.15) is 23.6 Å². The molecule has 2 aromatic rings. The molecule has 0 bridgehead atoms. The molecule has 1 amide bonds. The molecule has 4 heteroatoms. The molecule has 0 fully saturated rings. The molecule has 1 aliphatic heterocycles. The molecule has 1 atom stereocenters. The quantitative estimate of drug-likeness (QED) is 0.797. The molecular formula is C17H15ClN2O. The van der Waals surface area contributed by atoms with E-state index in [1.807, 2.05) is 60.7 Å². The second kappa shape index (κ2) is 6.10. The van der Waals surface area contributed by atoms with E-state index in [1.54, 1.807) is 0 Å². The van der Waals surface area contributed by atoms with Crippen LogP contribution in [0.4, 0.5) is 0 Å². The number of hydrogen-bond donors (Lipinski definition) is 0. The van der Waals surface area contributed by atoms with Crippen LogP contribution in [0.5, 0.6) is 0 Å². The van der Waals surface area contributed by atoms with Gasteiger partial charge in [0.1, 0.15) is 5.88 Å². The van der Waals surface area contributed by atoms with E-state index in [0.29, 0.717) is 6.42 Å². The van der Waals surface area contributed by atoms with E-state index >= 15 is 0 Å². The molecule has 3 rings (SSSR count). The first-order valence-corrected chi connectivity index (χ1v) is 7.39. The van der Waals surface area contributed by atoms with Gasteiger partial charge in [-0.05, 0) is 11.1 Å². The molecular weight excluding hydrogens is 284 g/mol. The summed E-state index contributed by atoms with van der Waals surface area (Å²) in [6.45, 7) is 0. The van der Waals surface area contributed by atoms with Crippen molar-refractivity contribution in [3.63, 3.8) is 0 Å². The fraction of sp³-hybridized carbons (Fsp3) is 0.176. The van der Waals surface area contributed by atoms with E-state index in [4.69, 9.17) is 11.6 Å². The van der Waals surface area contributed by atoms with Crippen LogP contribution in [-0.4, -0.2) is 22.5 Å². The molecule has 106 valence electrons. The van der Waals surface area contributed by atoms with Crippen molar-refractivity contribution in [3.8, 4) is 0 Å². The fourth-order valence-corrected chi connectivity index (χ4v) is 2.66. The molecule has 0 saturated carbocycles. The second-order valence-electron chi connectivity index (χ2n) is 4.92. The monoisotopic (exact) mass is 298 g/mol. The molecule has 1 aliphatic rings. The van der Waals surface area contributed by atoms with Crippen molar-refractivity contribution >= 4 is 23.2 Å². The van der Waals surface area contributed by atoms with Gasteiger partial charge in [0.25, 0.3) is 5.91 Å². The number of amides is 1. The molecule has 1 heterocycles. The predicted octanol–water partition coefficient (Wildman–Crippen LogP) is 3.60. The van der Waals surface area contributed by atoms with Crippen molar-refractivity contribution < 1.29 is 4.79 Å². The zero-order valence-corrected chi connectivity index (χ0v) is 12.2. The lowest BCUT2D eigenvalue weighted by Gasteiger charge is -2.21. The number of hydrazone groups is 1. The van der Waals surface area contributed by atoms with Crippen LogP contribution in [0.3, 0.4) is 0 Å². The van der Waals surface area contributed by atoms with Gasteiger partial charge in [-0.25, -0.2) is 5.01 Å². The minimum Gasteiger partial charge on any atom is -0.272 e. The average Bonchev–Trinajstić information content (AvgIpc) is 3.01. The SMILES string of the molecule is O=C(CCl)N1N=C(c2ccccc2)C[C@@H]1c1ccccc1. The summed E-state index contributed by atoms with van der Waals surface area (Å²) in [4.78, 5) is 12.1. The van der Waals surface area contributed by atoms with Crippen LogP contribution < -0.4 is 0 Å². The highest BCUT2D eigenvalue weighted by atomic mass is 35.5. The van der Waals surface area contributed by atoms with Gasteiger partial charge in [-0.15, -0.1) is 11.6 Å². The van der Waals surface area contributed by atoms with Gasteiger partial charge in [0.2, 0.25) is 0 Å². The van der Waals surface area contributed by atoms with Crippen LogP contribution in [0.2, 0.25) is 0 Å². The van der Waals surface area contributed by atoms with Gasteiger partial charge in [-0.2, -0.15) is 5.10 Å². The number of rotatable bonds is 3. The van der Waals surface area contributed by atoms with Gasteiger partial charge >= 0.3 is 0 Å². The third-order valence-electron chi connectivity index (χ3n) is 3.57. The summed E-state index contributed by atoms with van der Waals surface area (Å²) in [5.41, 5.74) is 3.04. The molecule has 3 nitrogen and oxygen atoms in total. The molecule has 0 spiro atoms. The Morgan fingerprint density at radius 3 is 2.33 bits per heavy atom. The normalized spacial score (nSPS) is 17.7. The Bertz CT molecular complexity index is 655. The van der Waals surface area contributed by atoms with Crippen molar-refractivity contribution in [1.82, 2.24) is 5.01 Å². The fourth-order valence-electron chi connectivity index (χ4n) is 2.54. The van der Waals surface area contributed by atoms with Crippen LogP contribution in [0.15, 0.2) is 65.8 Å². The van der Waals surface area contributed by atoms with Crippen molar-refractivity contribution in [1.29, 1.82) is 0 Å². The number of carbonyl (C=O) groups is 1. The molecule has 0 N–H and O–H groups in total. The number of hydrogen-bond acceptors (Lipinski definition) is 2. The highest BCUT2D eigenvalue weighted by Gasteiger charge is 2.32. The lowest BCUT2D eigenvalue weighted by molar-refractivity contribution is -0.130. The predicted molar refractivity (Wildman–Crippen MR) is 84.3 cm³/mol. The number of nitrogens with zero attached hydrogens (tertiary/aromatic N) is 2. The standard InChI is InChI=1S/C17H15ClN2O/c18-12-17(21)20-16(14-9-5-2-6-10-14)11-15(19-20)13-7-3-1-4-8-13/h1-10,16H,11-12H2/t16-/m1/s1. The third kappa shape index (κ3) is 2.83. The first-order valence-electron chi connectivity index (χ1n) is 6.85. The smallest absolute Gasteiger partial charge is 0.258 e. The van der Waals surface area contributed by atoms with Crippen molar-refractivity contribution in [2.75, 3.05) is 5.88 Å². The van der Waals surface area contributed by atoms with Gasteiger partial charge in [0.05, 0.1) is 11.8 Å². The molecule has 0 aromatic heterocycles. The van der Waals surface area contributed by atoms with Crippen LogP contribution >= 0.6 is 11.6 Å². The van der Waals surface area contributed by atoms with Crippen molar-refractivity contribution in [2.24, 2.45) is 5.10 Å². The van der Waals surface area contributed by atoms with Crippen LogP contribution in [0, 0.1) is 0 Å². The van der Waals surface area contributed by atoms with Crippen LogP contribution in [0.25, 0.3) is 0 Å². The summed E-state index contributed by atoms with van der Waals surface area (Å²) in [5.74, 6) is -0.231. The maximum atomic E-state index is 12.1. The Hall–Kier alpha value is -2.13. The average molecular weight is 299 g/mol. The van der Waals surface area contributed by atoms with E-state index in [-0.39, 0.29) is 17.8 Å². The van der Waals surface area contributed by atoms with Gasteiger partial charge in [-0.1, -0.05) is 60.7 Å². The topological polar surface area (TPSA) is 32.7 Å². The lowest BCUT2D eigenvalue weighted by Crippen LogP contribution is -2.27. The lowest BCUT2D eigenvalue weighted by atomic mass is 9.98. The van der Waals surface area contributed by atoms with Gasteiger partial charge in [0.15, 0.2) is 0 Å². The number of halogens is 1. The molecule has 0 aliphatic carbocycles. The highest BCUT2D eigenvalue weighted by molar-refractivity contribution is 6.27. The molecule has 0 saturated heterocycles. The maximum Gasteiger partial charge on any atom is 0.258 e. The minimum atomic E-state index is -0.170. The molecule has 0 unspecified atom stereocenters. The zero-order valence-electron chi connectivity index (χ0n) is 11.4. The second-order valence-corrected chi connectivity index (χ2v) is 5.18. The van der Waals surface area contributed by atoms with Gasteiger partial charge in [-0.3, -0.25) is 4.79 Å². The summed E-state index contributed by atoms with van der Waals surface area (Å²) in [5, 5.41) is 6.02.